The molecule has 0 N–H and O–H groups in total. The Bertz CT molecular complexity index is 1660. The van der Waals surface area contributed by atoms with E-state index in [0.717, 1.165) is 122 Å². The Kier molecular flexibility index (Phi) is 67.2. The Morgan fingerprint density at radius 1 is 0.253 bits per heavy atom. The Morgan fingerprint density at radius 2 is 0.470 bits per heavy atom. The van der Waals surface area contributed by atoms with Crippen molar-refractivity contribution in [2.45, 2.75) is 348 Å². The SMILES string of the molecule is CC/C=C\C/C=C\C/C=C\C/C=C\C/C=C\CCCCCC(=O)OCC(COC(=O)CCCCCCCCCCCC/C=C\C/C=C\C/C=C\C/C=C\CC)OC(=O)CCCCCCCCCCCCCCCCCCCCCCCCC. The van der Waals surface area contributed by atoms with Crippen LogP contribution in [-0.4, -0.2) is 37.2 Å². The number of rotatable bonds is 64. The highest BCUT2D eigenvalue weighted by Gasteiger charge is 2.19. The summed E-state index contributed by atoms with van der Waals surface area (Å²) in [6.07, 6.45) is 96.8. The molecule has 6 nitrogen and oxygen atoms in total. The quantitative estimate of drug-likeness (QED) is 0.0261. The van der Waals surface area contributed by atoms with Crippen LogP contribution in [0.4, 0.5) is 0 Å². The van der Waals surface area contributed by atoms with Gasteiger partial charge >= 0.3 is 17.9 Å². The van der Waals surface area contributed by atoms with E-state index < -0.39 is 6.10 Å². The lowest BCUT2D eigenvalue weighted by atomic mass is 10.0. The van der Waals surface area contributed by atoms with Crippen LogP contribution in [0.1, 0.15) is 342 Å². The number of unbranched alkanes of at least 4 members (excludes halogenated alkanes) is 35. The number of hydrogen-bond donors (Lipinski definition) is 0. The minimum Gasteiger partial charge on any atom is -0.462 e. The molecule has 83 heavy (non-hydrogen) atoms. The molecule has 0 saturated heterocycles. The molecule has 0 aromatic carbocycles. The first-order valence-corrected chi connectivity index (χ1v) is 35.4. The molecule has 0 rings (SSSR count). The molecule has 0 heterocycles. The molecule has 0 radical (unpaired) electrons. The van der Waals surface area contributed by atoms with Gasteiger partial charge in [-0.2, -0.15) is 0 Å². The van der Waals surface area contributed by atoms with Crippen molar-refractivity contribution in [1.82, 2.24) is 0 Å². The van der Waals surface area contributed by atoms with E-state index in [4.69, 9.17) is 14.2 Å². The second-order valence-corrected chi connectivity index (χ2v) is 23.4. The first-order valence-electron chi connectivity index (χ1n) is 35.4. The number of hydrogen-bond acceptors (Lipinski definition) is 6. The van der Waals surface area contributed by atoms with E-state index >= 15 is 0 Å². The van der Waals surface area contributed by atoms with Crippen molar-refractivity contribution in [1.29, 1.82) is 0 Å². The van der Waals surface area contributed by atoms with Gasteiger partial charge in [0.1, 0.15) is 13.2 Å². The van der Waals surface area contributed by atoms with Crippen LogP contribution in [0.15, 0.2) is 109 Å². The molecule has 0 spiro atoms. The smallest absolute Gasteiger partial charge is 0.306 e. The lowest BCUT2D eigenvalue weighted by Crippen LogP contribution is -2.30. The molecule has 0 aromatic rings. The molecule has 0 amide bonds. The number of allylic oxidation sites excluding steroid dienone is 18. The van der Waals surface area contributed by atoms with Gasteiger partial charge in [-0.25, -0.2) is 0 Å². The molecule has 476 valence electrons. The highest BCUT2D eigenvalue weighted by molar-refractivity contribution is 5.71. The molecule has 1 unspecified atom stereocenters. The number of esters is 3. The monoisotopic (exact) mass is 1150 g/mol. The van der Waals surface area contributed by atoms with Gasteiger partial charge < -0.3 is 14.2 Å². The maximum Gasteiger partial charge on any atom is 0.306 e. The third kappa shape index (κ3) is 68.7. The largest absolute Gasteiger partial charge is 0.462 e. The summed E-state index contributed by atoms with van der Waals surface area (Å²) in [5.74, 6) is -0.910. The average molecular weight is 1150 g/mol. The normalized spacial score (nSPS) is 12.8. The Labute approximate surface area is 514 Å². The standard InChI is InChI=1S/C77H132O6/c1-4-7-10-13-16-19-22-25-28-31-34-36-38-40-43-46-49-52-55-58-61-64-67-70-76(79)82-73-74(72-81-75(78)69-66-63-60-57-54-51-48-45-42-33-30-27-24-21-18-15-12-9-6-3)83-77(80)71-68-65-62-59-56-53-50-47-44-41-39-37-35-32-29-26-23-20-17-14-11-8-5-2/h7,9-10,12,16,18-19,21,25,27-28,30,34,36,42,45,51,54,74H,4-6,8,11,13-15,17,20,22-24,26,29,31-33,35,37-41,43-44,46-50,52-53,55-73H2,1-3H3/b10-7-,12-9-,19-16-,21-18-,28-25-,30-27-,36-34-,45-42-,54-51-. The second-order valence-electron chi connectivity index (χ2n) is 23.4. The molecule has 0 saturated carbocycles. The van der Waals surface area contributed by atoms with E-state index in [9.17, 15) is 14.4 Å². The molecule has 1 atom stereocenters. The zero-order valence-electron chi connectivity index (χ0n) is 54.7. The van der Waals surface area contributed by atoms with Gasteiger partial charge in [0.05, 0.1) is 0 Å². The molecule has 0 aliphatic rings. The Morgan fingerprint density at radius 3 is 0.747 bits per heavy atom. The van der Waals surface area contributed by atoms with Crippen LogP contribution in [0.5, 0.6) is 0 Å². The van der Waals surface area contributed by atoms with Crippen LogP contribution in [0.2, 0.25) is 0 Å². The van der Waals surface area contributed by atoms with Crippen molar-refractivity contribution in [2.24, 2.45) is 0 Å². The predicted molar refractivity (Wildman–Crippen MR) is 362 cm³/mol. The molecule has 0 fully saturated rings. The lowest BCUT2D eigenvalue weighted by molar-refractivity contribution is -0.167. The topological polar surface area (TPSA) is 78.9 Å². The molecule has 0 aliphatic heterocycles. The zero-order chi connectivity index (χ0) is 59.9. The lowest BCUT2D eigenvalue weighted by Gasteiger charge is -2.18. The highest BCUT2D eigenvalue weighted by atomic mass is 16.6. The Hall–Kier alpha value is -3.93. The van der Waals surface area contributed by atoms with E-state index in [1.807, 2.05) is 0 Å². The fourth-order valence-electron chi connectivity index (χ4n) is 10.1. The predicted octanol–water partition coefficient (Wildman–Crippen LogP) is 24.6. The van der Waals surface area contributed by atoms with E-state index in [-0.39, 0.29) is 31.1 Å². The summed E-state index contributed by atoms with van der Waals surface area (Å²) in [5, 5.41) is 0. The van der Waals surface area contributed by atoms with Crippen molar-refractivity contribution in [3.63, 3.8) is 0 Å². The van der Waals surface area contributed by atoms with Crippen molar-refractivity contribution in [2.75, 3.05) is 13.2 Å². The molecular weight excluding hydrogens is 1020 g/mol. The molecule has 0 bridgehead atoms. The van der Waals surface area contributed by atoms with Gasteiger partial charge in [-0.3, -0.25) is 14.4 Å². The second kappa shape index (κ2) is 70.6. The minimum atomic E-state index is -0.796. The first-order chi connectivity index (χ1) is 41.0. The van der Waals surface area contributed by atoms with Crippen molar-refractivity contribution < 1.29 is 28.6 Å². The molecule has 6 heteroatoms. The van der Waals surface area contributed by atoms with E-state index in [0.29, 0.717) is 19.3 Å². The maximum absolute atomic E-state index is 13.0. The van der Waals surface area contributed by atoms with Gasteiger partial charge in [0.15, 0.2) is 6.10 Å². The van der Waals surface area contributed by atoms with Crippen molar-refractivity contribution in [3.8, 4) is 0 Å². The third-order valence-corrected chi connectivity index (χ3v) is 15.3. The van der Waals surface area contributed by atoms with Gasteiger partial charge in [0.2, 0.25) is 0 Å². The summed E-state index contributed by atoms with van der Waals surface area (Å²) in [4.78, 5) is 38.5. The first kappa shape index (κ1) is 79.1. The summed E-state index contributed by atoms with van der Waals surface area (Å²) in [5.41, 5.74) is 0. The van der Waals surface area contributed by atoms with Crippen LogP contribution in [0.25, 0.3) is 0 Å². The number of carbonyl (C=O) groups excluding carboxylic acids is 3. The number of ether oxygens (including phenoxy) is 3. The zero-order valence-corrected chi connectivity index (χ0v) is 54.7. The molecule has 0 aliphatic carbocycles. The van der Waals surface area contributed by atoms with Crippen LogP contribution in [0.3, 0.4) is 0 Å². The summed E-state index contributed by atoms with van der Waals surface area (Å²) in [6.45, 7) is 6.43. The molecular formula is C77H132O6. The summed E-state index contributed by atoms with van der Waals surface area (Å²) < 4.78 is 17.0. The van der Waals surface area contributed by atoms with Crippen LogP contribution >= 0.6 is 0 Å². The van der Waals surface area contributed by atoms with E-state index in [1.54, 1.807) is 0 Å². The fraction of sp³-hybridized carbons (Fsp3) is 0.727. The summed E-state index contributed by atoms with van der Waals surface area (Å²) in [6, 6.07) is 0. The van der Waals surface area contributed by atoms with Crippen LogP contribution in [-0.2, 0) is 28.6 Å². The average Bonchev–Trinajstić information content (AvgIpc) is 3.49. The van der Waals surface area contributed by atoms with Gasteiger partial charge in [0.25, 0.3) is 0 Å². The van der Waals surface area contributed by atoms with Gasteiger partial charge in [-0.1, -0.05) is 329 Å². The van der Waals surface area contributed by atoms with Gasteiger partial charge in [-0.15, -0.1) is 0 Å². The fourth-order valence-corrected chi connectivity index (χ4v) is 10.1. The number of carbonyl (C=O) groups is 3. The van der Waals surface area contributed by atoms with Crippen LogP contribution < -0.4 is 0 Å². The van der Waals surface area contributed by atoms with Gasteiger partial charge in [-0.05, 0) is 103 Å². The van der Waals surface area contributed by atoms with Crippen LogP contribution in [0, 0.1) is 0 Å². The summed E-state index contributed by atoms with van der Waals surface area (Å²) >= 11 is 0. The molecule has 0 aromatic heterocycles. The third-order valence-electron chi connectivity index (χ3n) is 15.3. The van der Waals surface area contributed by atoms with E-state index in [1.165, 1.54) is 180 Å². The Balaban J connectivity index is 4.40. The minimum absolute atomic E-state index is 0.0893. The van der Waals surface area contributed by atoms with E-state index in [2.05, 4.69) is 130 Å². The van der Waals surface area contributed by atoms with Crippen molar-refractivity contribution >= 4 is 17.9 Å². The van der Waals surface area contributed by atoms with Gasteiger partial charge in [0, 0.05) is 19.3 Å². The maximum atomic E-state index is 13.0. The summed E-state index contributed by atoms with van der Waals surface area (Å²) in [7, 11) is 0. The van der Waals surface area contributed by atoms with Crippen molar-refractivity contribution in [3.05, 3.63) is 109 Å². The highest BCUT2D eigenvalue weighted by Crippen LogP contribution is 2.18.